The van der Waals surface area contributed by atoms with Crippen molar-refractivity contribution in [1.82, 2.24) is 10.3 Å². The number of benzene rings is 1. The van der Waals surface area contributed by atoms with E-state index < -0.39 is 0 Å². The van der Waals surface area contributed by atoms with E-state index in [4.69, 9.17) is 4.42 Å². The average molecular weight is 285 g/mol. The SMILES string of the molecule is O=C(CCC1CCNC1)Nc1cccc(-c2cnco2)c1. The molecule has 1 fully saturated rings. The van der Waals surface area contributed by atoms with Crippen LogP contribution in [0.15, 0.2) is 41.3 Å². The Kier molecular flexibility index (Phi) is 4.31. The van der Waals surface area contributed by atoms with Crippen molar-refractivity contribution < 1.29 is 9.21 Å². The number of rotatable bonds is 5. The maximum absolute atomic E-state index is 12.0. The number of carbonyl (C=O) groups excluding carboxylic acids is 1. The van der Waals surface area contributed by atoms with Crippen LogP contribution in [0.2, 0.25) is 0 Å². The first kappa shape index (κ1) is 13.8. The number of hydrogen-bond donors (Lipinski definition) is 2. The van der Waals surface area contributed by atoms with Crippen molar-refractivity contribution in [2.45, 2.75) is 19.3 Å². The molecule has 110 valence electrons. The summed E-state index contributed by atoms with van der Waals surface area (Å²) < 4.78 is 5.26. The number of nitrogens with one attached hydrogen (secondary N) is 2. The van der Waals surface area contributed by atoms with Gasteiger partial charge in [-0.3, -0.25) is 4.79 Å². The van der Waals surface area contributed by atoms with E-state index in [1.807, 2.05) is 24.3 Å². The van der Waals surface area contributed by atoms with Crippen LogP contribution in [-0.2, 0) is 4.79 Å². The third-order valence-electron chi connectivity index (χ3n) is 3.81. The molecule has 3 rings (SSSR count). The number of aromatic nitrogens is 1. The average Bonchev–Trinajstić information content (AvgIpc) is 3.19. The van der Waals surface area contributed by atoms with Gasteiger partial charge in [0, 0.05) is 17.7 Å². The van der Waals surface area contributed by atoms with Crippen LogP contribution >= 0.6 is 0 Å². The fourth-order valence-corrected chi connectivity index (χ4v) is 2.63. The summed E-state index contributed by atoms with van der Waals surface area (Å²) in [6.07, 6.45) is 5.75. The summed E-state index contributed by atoms with van der Waals surface area (Å²) in [7, 11) is 0. The van der Waals surface area contributed by atoms with E-state index >= 15 is 0 Å². The molecule has 2 N–H and O–H groups in total. The van der Waals surface area contributed by atoms with Crippen molar-refractivity contribution in [2.24, 2.45) is 5.92 Å². The monoisotopic (exact) mass is 285 g/mol. The van der Waals surface area contributed by atoms with Gasteiger partial charge in [-0.1, -0.05) is 12.1 Å². The minimum Gasteiger partial charge on any atom is -0.444 e. The molecule has 2 heterocycles. The zero-order chi connectivity index (χ0) is 14.5. The summed E-state index contributed by atoms with van der Waals surface area (Å²) in [6.45, 7) is 2.11. The first-order valence-electron chi connectivity index (χ1n) is 7.31. The van der Waals surface area contributed by atoms with Gasteiger partial charge in [0.05, 0.1) is 6.20 Å². The van der Waals surface area contributed by atoms with Crippen molar-refractivity contribution in [2.75, 3.05) is 18.4 Å². The molecule has 1 aliphatic heterocycles. The fraction of sp³-hybridized carbons (Fsp3) is 0.375. The number of anilines is 1. The lowest BCUT2D eigenvalue weighted by Gasteiger charge is -2.09. The smallest absolute Gasteiger partial charge is 0.224 e. The Morgan fingerprint density at radius 3 is 3.19 bits per heavy atom. The van der Waals surface area contributed by atoms with Gasteiger partial charge in [0.25, 0.3) is 0 Å². The highest BCUT2D eigenvalue weighted by atomic mass is 16.3. The van der Waals surface area contributed by atoms with E-state index in [1.54, 1.807) is 6.20 Å². The topological polar surface area (TPSA) is 67.2 Å². The predicted octanol–water partition coefficient (Wildman–Crippen LogP) is 2.67. The minimum absolute atomic E-state index is 0.0663. The van der Waals surface area contributed by atoms with E-state index in [-0.39, 0.29) is 5.91 Å². The highest BCUT2D eigenvalue weighted by molar-refractivity contribution is 5.91. The quantitative estimate of drug-likeness (QED) is 0.886. The second-order valence-electron chi connectivity index (χ2n) is 5.39. The number of nitrogens with zero attached hydrogens (tertiary/aromatic N) is 1. The Bertz CT molecular complexity index is 589. The molecular formula is C16H19N3O2. The van der Waals surface area contributed by atoms with Gasteiger partial charge in [-0.2, -0.15) is 0 Å². The van der Waals surface area contributed by atoms with E-state index in [9.17, 15) is 4.79 Å². The first-order chi connectivity index (χ1) is 10.3. The zero-order valence-electron chi connectivity index (χ0n) is 11.8. The molecule has 0 radical (unpaired) electrons. The summed E-state index contributed by atoms with van der Waals surface area (Å²) in [6, 6.07) is 7.61. The molecule has 21 heavy (non-hydrogen) atoms. The van der Waals surface area contributed by atoms with Crippen molar-refractivity contribution in [3.8, 4) is 11.3 Å². The van der Waals surface area contributed by atoms with Gasteiger partial charge < -0.3 is 15.1 Å². The maximum Gasteiger partial charge on any atom is 0.224 e. The van der Waals surface area contributed by atoms with Gasteiger partial charge in [-0.25, -0.2) is 4.98 Å². The Balaban J connectivity index is 1.56. The zero-order valence-corrected chi connectivity index (χ0v) is 11.8. The summed E-state index contributed by atoms with van der Waals surface area (Å²) in [5.41, 5.74) is 1.70. The lowest BCUT2D eigenvalue weighted by molar-refractivity contribution is -0.116. The van der Waals surface area contributed by atoms with E-state index in [0.717, 1.165) is 30.8 Å². The fourth-order valence-electron chi connectivity index (χ4n) is 2.63. The molecule has 1 aromatic heterocycles. The molecule has 1 aliphatic rings. The van der Waals surface area contributed by atoms with Crippen molar-refractivity contribution in [3.05, 3.63) is 36.9 Å². The van der Waals surface area contributed by atoms with Crippen LogP contribution < -0.4 is 10.6 Å². The van der Waals surface area contributed by atoms with Crippen molar-refractivity contribution in [1.29, 1.82) is 0 Å². The molecule has 1 amide bonds. The third kappa shape index (κ3) is 3.70. The van der Waals surface area contributed by atoms with E-state index in [0.29, 0.717) is 18.1 Å². The second kappa shape index (κ2) is 6.54. The normalized spacial score (nSPS) is 17.8. The summed E-state index contributed by atoms with van der Waals surface area (Å²) in [5, 5.41) is 6.27. The Labute approximate surface area is 123 Å². The molecule has 5 nitrogen and oxygen atoms in total. The Hall–Kier alpha value is -2.14. The minimum atomic E-state index is 0.0663. The molecule has 1 aromatic carbocycles. The molecule has 0 saturated carbocycles. The van der Waals surface area contributed by atoms with Gasteiger partial charge in [0.1, 0.15) is 0 Å². The van der Waals surface area contributed by atoms with E-state index in [2.05, 4.69) is 15.6 Å². The Morgan fingerprint density at radius 2 is 2.43 bits per heavy atom. The van der Waals surface area contributed by atoms with Gasteiger partial charge in [0.2, 0.25) is 5.91 Å². The van der Waals surface area contributed by atoms with Gasteiger partial charge in [-0.15, -0.1) is 0 Å². The van der Waals surface area contributed by atoms with Crippen LogP contribution in [0.3, 0.4) is 0 Å². The highest BCUT2D eigenvalue weighted by Crippen LogP contribution is 2.22. The van der Waals surface area contributed by atoms with Crippen LogP contribution in [0.5, 0.6) is 0 Å². The molecule has 0 aliphatic carbocycles. The van der Waals surface area contributed by atoms with Crippen LogP contribution in [0.1, 0.15) is 19.3 Å². The summed E-state index contributed by atoms with van der Waals surface area (Å²) >= 11 is 0. The molecule has 1 saturated heterocycles. The van der Waals surface area contributed by atoms with E-state index in [1.165, 1.54) is 12.8 Å². The Morgan fingerprint density at radius 1 is 1.48 bits per heavy atom. The molecule has 1 unspecified atom stereocenters. The van der Waals surface area contributed by atoms with Crippen LogP contribution in [0.25, 0.3) is 11.3 Å². The summed E-state index contributed by atoms with van der Waals surface area (Å²) in [5.74, 6) is 1.40. The molecular weight excluding hydrogens is 266 g/mol. The number of hydrogen-bond acceptors (Lipinski definition) is 4. The van der Waals surface area contributed by atoms with Crippen LogP contribution in [0, 0.1) is 5.92 Å². The first-order valence-corrected chi connectivity index (χ1v) is 7.31. The standard InChI is InChI=1S/C16H19N3O2/c20-16(5-4-12-6-7-17-9-12)19-14-3-1-2-13(8-14)15-10-18-11-21-15/h1-3,8,10-12,17H,4-7,9H2,(H,19,20). The molecule has 1 atom stereocenters. The third-order valence-corrected chi connectivity index (χ3v) is 3.81. The van der Waals surface area contributed by atoms with Crippen molar-refractivity contribution >= 4 is 11.6 Å². The molecule has 2 aromatic rings. The second-order valence-corrected chi connectivity index (χ2v) is 5.39. The largest absolute Gasteiger partial charge is 0.444 e. The van der Waals surface area contributed by atoms with Gasteiger partial charge in [-0.05, 0) is 44.0 Å². The lowest BCUT2D eigenvalue weighted by atomic mass is 10.0. The lowest BCUT2D eigenvalue weighted by Crippen LogP contribution is -2.15. The molecule has 0 bridgehead atoms. The van der Waals surface area contributed by atoms with Gasteiger partial charge in [0.15, 0.2) is 12.2 Å². The number of oxazole rings is 1. The van der Waals surface area contributed by atoms with Crippen LogP contribution in [0.4, 0.5) is 5.69 Å². The van der Waals surface area contributed by atoms with Gasteiger partial charge >= 0.3 is 0 Å². The molecule has 5 heteroatoms. The maximum atomic E-state index is 12.0. The highest BCUT2D eigenvalue weighted by Gasteiger charge is 2.15. The molecule has 0 spiro atoms. The summed E-state index contributed by atoms with van der Waals surface area (Å²) in [4.78, 5) is 15.9. The predicted molar refractivity (Wildman–Crippen MR) is 80.8 cm³/mol. The van der Waals surface area contributed by atoms with Crippen molar-refractivity contribution in [3.63, 3.8) is 0 Å². The van der Waals surface area contributed by atoms with Crippen LogP contribution in [-0.4, -0.2) is 24.0 Å². The number of carbonyl (C=O) groups is 1. The number of amides is 1.